The van der Waals surface area contributed by atoms with Crippen LogP contribution in [0.2, 0.25) is 0 Å². The number of nitrogens with zero attached hydrogens (tertiary/aromatic N) is 4. The molecule has 0 atom stereocenters. The van der Waals surface area contributed by atoms with Gasteiger partial charge in [0, 0.05) is 49.5 Å². The molecule has 0 aliphatic heterocycles. The van der Waals surface area contributed by atoms with Gasteiger partial charge in [-0.2, -0.15) is 0 Å². The monoisotopic (exact) mass is 868 g/mol. The van der Waals surface area contributed by atoms with Crippen LogP contribution >= 0.6 is 0 Å². The predicted molar refractivity (Wildman–Crippen MR) is 279 cm³/mol. The van der Waals surface area contributed by atoms with E-state index in [2.05, 4.69) is 205 Å². The van der Waals surface area contributed by atoms with Crippen molar-refractivity contribution in [1.29, 1.82) is 0 Å². The van der Waals surface area contributed by atoms with E-state index in [1.165, 1.54) is 0 Å². The predicted octanol–water partition coefficient (Wildman–Crippen LogP) is 16.5. The Hall–Kier alpha value is -9.19. The van der Waals surface area contributed by atoms with Gasteiger partial charge in [0.25, 0.3) is 0 Å². The lowest BCUT2D eigenvalue weighted by molar-refractivity contribution is 0.669. The fourth-order valence-corrected chi connectivity index (χ4v) is 10.2. The Morgan fingerprint density at radius 1 is 0.294 bits per heavy atom. The summed E-state index contributed by atoms with van der Waals surface area (Å²) < 4.78 is 9.15. The average molecular weight is 869 g/mol. The molecule has 68 heavy (non-hydrogen) atoms. The molecule has 0 aliphatic rings. The lowest BCUT2D eigenvalue weighted by atomic mass is 9.80. The van der Waals surface area contributed by atoms with Crippen LogP contribution in [0.15, 0.2) is 247 Å². The van der Waals surface area contributed by atoms with Gasteiger partial charge in [-0.3, -0.25) is 0 Å². The van der Waals surface area contributed by atoms with Gasteiger partial charge in [0.05, 0.1) is 22.1 Å². The van der Waals surface area contributed by atoms with Crippen molar-refractivity contribution < 1.29 is 4.42 Å². The SMILES string of the molecule is c1ccc(-c2nc(-c3ccccc3)nc(-c3cccc4c3c3c(-c5ccccc5)c(-c5ccccc5)c(-c5ccccc5)c(-c5ccccc5)c3n4-c3cccc4oc5ccccc5c34)n2)cc1. The summed E-state index contributed by atoms with van der Waals surface area (Å²) in [5.74, 6) is 1.80. The molecule has 318 valence electrons. The standard InChI is InChI=1S/C63H40N4O/c1-7-23-41(24-8-1)53-54(42-25-9-2-10-26-42)56(44-29-13-4-14-30-44)60-59(55(53)43-27-11-3-12-28-43)58-48(63-65-61(45-31-15-5-16-32-45)64-62(66-63)46-33-17-6-18-34-46)36-21-37-50(58)67(60)49-38-22-40-52-57(49)47-35-19-20-39-51(47)68-52/h1-40H. The first-order valence-corrected chi connectivity index (χ1v) is 23.0. The van der Waals surface area contributed by atoms with Crippen molar-refractivity contribution in [1.82, 2.24) is 19.5 Å². The van der Waals surface area contributed by atoms with Gasteiger partial charge in [-0.25, -0.2) is 15.0 Å². The molecule has 0 radical (unpaired) electrons. The molecular formula is C63H40N4O. The summed E-state index contributed by atoms with van der Waals surface area (Å²) in [6, 6.07) is 85.3. The van der Waals surface area contributed by atoms with Crippen LogP contribution in [0.5, 0.6) is 0 Å². The summed E-state index contributed by atoms with van der Waals surface area (Å²) in [4.78, 5) is 15.9. The van der Waals surface area contributed by atoms with Crippen molar-refractivity contribution in [2.24, 2.45) is 0 Å². The van der Waals surface area contributed by atoms with Crippen molar-refractivity contribution in [2.45, 2.75) is 0 Å². The highest BCUT2D eigenvalue weighted by Gasteiger charge is 2.31. The highest BCUT2D eigenvalue weighted by Crippen LogP contribution is 2.55. The van der Waals surface area contributed by atoms with Crippen LogP contribution in [-0.2, 0) is 0 Å². The number of rotatable bonds is 8. The number of hydrogen-bond donors (Lipinski definition) is 0. The van der Waals surface area contributed by atoms with Crippen molar-refractivity contribution in [2.75, 3.05) is 0 Å². The summed E-state index contributed by atoms with van der Waals surface area (Å²) >= 11 is 0. The van der Waals surface area contributed by atoms with Crippen LogP contribution in [0.1, 0.15) is 0 Å². The Morgan fingerprint density at radius 3 is 1.28 bits per heavy atom. The molecule has 3 aromatic heterocycles. The fourth-order valence-electron chi connectivity index (χ4n) is 10.2. The van der Waals surface area contributed by atoms with Gasteiger partial charge in [-0.15, -0.1) is 0 Å². The summed E-state index contributed by atoms with van der Waals surface area (Å²) in [6.45, 7) is 0. The van der Waals surface area contributed by atoms with Crippen molar-refractivity contribution in [3.8, 4) is 84.4 Å². The van der Waals surface area contributed by atoms with E-state index < -0.39 is 0 Å². The van der Waals surface area contributed by atoms with Gasteiger partial charge in [-0.05, 0) is 52.1 Å². The smallest absolute Gasteiger partial charge is 0.164 e. The molecule has 0 N–H and O–H groups in total. The molecule has 5 heteroatoms. The van der Waals surface area contributed by atoms with E-state index >= 15 is 0 Å². The minimum Gasteiger partial charge on any atom is -0.456 e. The maximum atomic E-state index is 6.66. The van der Waals surface area contributed by atoms with Crippen LogP contribution in [0.4, 0.5) is 0 Å². The fraction of sp³-hybridized carbons (Fsp3) is 0. The first kappa shape index (κ1) is 39.2. The Morgan fingerprint density at radius 2 is 0.721 bits per heavy atom. The third-order valence-corrected chi connectivity index (χ3v) is 13.0. The topological polar surface area (TPSA) is 56.7 Å². The Labute approximate surface area is 392 Å². The van der Waals surface area contributed by atoms with Crippen LogP contribution in [0.25, 0.3) is 128 Å². The second-order valence-corrected chi connectivity index (χ2v) is 17.0. The molecule has 5 nitrogen and oxygen atoms in total. The zero-order valence-corrected chi connectivity index (χ0v) is 36.8. The number of para-hydroxylation sites is 1. The third-order valence-electron chi connectivity index (χ3n) is 13.0. The number of benzene rings is 10. The van der Waals surface area contributed by atoms with Gasteiger partial charge in [0.2, 0.25) is 0 Å². The summed E-state index contributed by atoms with van der Waals surface area (Å²) in [6.07, 6.45) is 0. The molecule has 13 rings (SSSR count). The van der Waals surface area contributed by atoms with Crippen LogP contribution < -0.4 is 0 Å². The quantitative estimate of drug-likeness (QED) is 0.153. The van der Waals surface area contributed by atoms with E-state index in [1.54, 1.807) is 0 Å². The van der Waals surface area contributed by atoms with Gasteiger partial charge < -0.3 is 8.98 Å². The molecule has 0 saturated heterocycles. The molecule has 10 aromatic carbocycles. The second kappa shape index (κ2) is 16.4. The van der Waals surface area contributed by atoms with E-state index in [-0.39, 0.29) is 0 Å². The second-order valence-electron chi connectivity index (χ2n) is 17.0. The average Bonchev–Trinajstić information content (AvgIpc) is 3.98. The first-order valence-electron chi connectivity index (χ1n) is 23.0. The molecule has 0 bridgehead atoms. The summed E-state index contributed by atoms with van der Waals surface area (Å²) in [5, 5.41) is 4.21. The van der Waals surface area contributed by atoms with E-state index in [9.17, 15) is 0 Å². The molecule has 0 aliphatic carbocycles. The highest BCUT2D eigenvalue weighted by molar-refractivity contribution is 6.29. The van der Waals surface area contributed by atoms with Crippen LogP contribution in [0.3, 0.4) is 0 Å². The van der Waals surface area contributed by atoms with E-state index in [1.807, 2.05) is 42.5 Å². The van der Waals surface area contributed by atoms with Crippen molar-refractivity contribution in [3.63, 3.8) is 0 Å². The number of aromatic nitrogens is 4. The van der Waals surface area contributed by atoms with E-state index in [4.69, 9.17) is 19.4 Å². The first-order chi connectivity index (χ1) is 33.8. The Kier molecular flexibility index (Phi) is 9.43. The summed E-state index contributed by atoms with van der Waals surface area (Å²) in [7, 11) is 0. The third kappa shape index (κ3) is 6.44. The van der Waals surface area contributed by atoms with Crippen LogP contribution in [-0.4, -0.2) is 19.5 Å². The van der Waals surface area contributed by atoms with Crippen LogP contribution in [0, 0.1) is 0 Å². The van der Waals surface area contributed by atoms with Crippen molar-refractivity contribution >= 4 is 43.7 Å². The molecule has 0 amide bonds. The minimum atomic E-state index is 0.586. The molecule has 0 unspecified atom stereocenters. The van der Waals surface area contributed by atoms with Gasteiger partial charge in [0.15, 0.2) is 17.5 Å². The number of hydrogen-bond acceptors (Lipinski definition) is 4. The lowest BCUT2D eigenvalue weighted by Gasteiger charge is -2.24. The van der Waals surface area contributed by atoms with E-state index in [0.29, 0.717) is 17.5 Å². The molecule has 0 saturated carbocycles. The maximum absolute atomic E-state index is 6.66. The van der Waals surface area contributed by atoms with E-state index in [0.717, 1.165) is 111 Å². The molecule has 0 fully saturated rings. The maximum Gasteiger partial charge on any atom is 0.164 e. The van der Waals surface area contributed by atoms with Gasteiger partial charge in [0.1, 0.15) is 11.2 Å². The normalized spacial score (nSPS) is 11.5. The molecular weight excluding hydrogens is 829 g/mol. The molecule has 3 heterocycles. The molecule has 13 aromatic rings. The Balaban J connectivity index is 1.32. The lowest BCUT2D eigenvalue weighted by Crippen LogP contribution is -2.01. The van der Waals surface area contributed by atoms with Gasteiger partial charge in [-0.1, -0.05) is 218 Å². The Bertz CT molecular complexity index is 3920. The van der Waals surface area contributed by atoms with Gasteiger partial charge >= 0.3 is 0 Å². The minimum absolute atomic E-state index is 0.586. The number of furan rings is 1. The highest BCUT2D eigenvalue weighted by atomic mass is 16.3. The molecule has 0 spiro atoms. The largest absolute Gasteiger partial charge is 0.456 e. The zero-order valence-electron chi connectivity index (χ0n) is 36.8. The number of fused-ring (bicyclic) bond motifs is 6. The summed E-state index contributed by atoms with van der Waals surface area (Å²) in [5.41, 5.74) is 16.4. The zero-order chi connectivity index (χ0) is 45.0. The van der Waals surface area contributed by atoms with Crippen molar-refractivity contribution in [3.05, 3.63) is 243 Å².